The van der Waals surface area contributed by atoms with Crippen LogP contribution in [0, 0.1) is 0 Å². The largest absolute Gasteiger partial charge is 0.378 e. The maximum Gasteiger partial charge on any atom is 0.255 e. The lowest BCUT2D eigenvalue weighted by molar-refractivity contribution is 0.102. The van der Waals surface area contributed by atoms with Gasteiger partial charge in [0.1, 0.15) is 5.82 Å². The van der Waals surface area contributed by atoms with Gasteiger partial charge in [-0.15, -0.1) is 0 Å². The topological polar surface area (TPSA) is 60.9 Å². The second-order valence-corrected chi connectivity index (χ2v) is 8.31. The lowest BCUT2D eigenvalue weighted by Gasteiger charge is -2.36. The van der Waals surface area contributed by atoms with Gasteiger partial charge in [0.25, 0.3) is 5.91 Å². The Balaban J connectivity index is 1.15. The molecule has 0 bridgehead atoms. The highest BCUT2D eigenvalue weighted by Crippen LogP contribution is 2.22. The predicted octanol–water partition coefficient (Wildman–Crippen LogP) is 3.50. The lowest BCUT2D eigenvalue weighted by Crippen LogP contribution is -2.46. The van der Waals surface area contributed by atoms with Crippen LogP contribution in [0.25, 0.3) is 0 Å². The molecule has 2 aliphatic heterocycles. The number of hydrogen-bond acceptors (Lipinski definition) is 6. The molecule has 1 amide bonds. The van der Waals surface area contributed by atoms with E-state index in [-0.39, 0.29) is 5.91 Å². The summed E-state index contributed by atoms with van der Waals surface area (Å²) in [6, 6.07) is 21.9. The molecule has 0 spiro atoms. The fraction of sp³-hybridized carbons (Fsp3) is 0.308. The van der Waals surface area contributed by atoms with Gasteiger partial charge in [-0.25, -0.2) is 4.98 Å². The second kappa shape index (κ2) is 9.92. The van der Waals surface area contributed by atoms with Crippen molar-refractivity contribution in [3.63, 3.8) is 0 Å². The van der Waals surface area contributed by atoms with Crippen LogP contribution in [0.15, 0.2) is 72.9 Å². The summed E-state index contributed by atoms with van der Waals surface area (Å²) in [5.41, 5.74) is 3.75. The number of ether oxygens (including phenoxy) is 1. The van der Waals surface area contributed by atoms with Crippen LogP contribution in [0.3, 0.4) is 0 Å². The molecule has 0 unspecified atom stereocenters. The third-order valence-electron chi connectivity index (χ3n) is 6.25. The number of anilines is 4. The first-order valence-corrected chi connectivity index (χ1v) is 11.5. The van der Waals surface area contributed by atoms with E-state index < -0.39 is 0 Å². The molecule has 170 valence electrons. The molecule has 0 radical (unpaired) electrons. The number of hydrogen-bond donors (Lipinski definition) is 1. The van der Waals surface area contributed by atoms with E-state index in [1.807, 2.05) is 54.7 Å². The SMILES string of the molecule is O=C(Nc1ccc(N2CCN(c3ccccn3)CC2)cc1)c1ccc(N2CCOCC2)cc1. The Bertz CT molecular complexity index is 1040. The number of pyridine rings is 1. The molecule has 7 nitrogen and oxygen atoms in total. The standard InChI is InChI=1S/C26H29N5O2/c32-26(21-4-8-23(9-5-21)30-17-19-33-20-18-30)28-22-6-10-24(11-7-22)29-13-15-31(16-14-29)25-3-1-2-12-27-25/h1-12H,13-20H2,(H,28,32). The summed E-state index contributed by atoms with van der Waals surface area (Å²) in [6.07, 6.45) is 1.84. The van der Waals surface area contributed by atoms with Crippen LogP contribution in [0.4, 0.5) is 22.9 Å². The van der Waals surface area contributed by atoms with Crippen molar-refractivity contribution in [3.8, 4) is 0 Å². The third-order valence-corrected chi connectivity index (χ3v) is 6.25. The minimum Gasteiger partial charge on any atom is -0.378 e. The zero-order valence-electron chi connectivity index (χ0n) is 18.7. The number of nitrogens with one attached hydrogen (secondary N) is 1. The number of nitrogens with zero attached hydrogens (tertiary/aromatic N) is 4. The first-order valence-electron chi connectivity index (χ1n) is 11.5. The summed E-state index contributed by atoms with van der Waals surface area (Å²) < 4.78 is 5.41. The van der Waals surface area contributed by atoms with Crippen molar-refractivity contribution < 1.29 is 9.53 Å². The summed E-state index contributed by atoms with van der Waals surface area (Å²) in [5.74, 6) is 0.938. The van der Waals surface area contributed by atoms with Crippen molar-refractivity contribution in [2.45, 2.75) is 0 Å². The third kappa shape index (κ3) is 5.09. The van der Waals surface area contributed by atoms with Gasteiger partial charge < -0.3 is 24.8 Å². The maximum atomic E-state index is 12.7. The van der Waals surface area contributed by atoms with E-state index in [4.69, 9.17) is 4.74 Å². The molecular weight excluding hydrogens is 414 g/mol. The molecular formula is C26H29N5O2. The van der Waals surface area contributed by atoms with E-state index in [1.165, 1.54) is 5.69 Å². The Morgan fingerprint density at radius 2 is 1.33 bits per heavy atom. The molecule has 7 heteroatoms. The maximum absolute atomic E-state index is 12.7. The molecule has 0 aliphatic carbocycles. The van der Waals surface area contributed by atoms with Gasteiger partial charge in [-0.1, -0.05) is 6.07 Å². The number of morpholine rings is 1. The van der Waals surface area contributed by atoms with Crippen LogP contribution < -0.4 is 20.0 Å². The molecule has 2 fully saturated rings. The molecule has 2 aliphatic rings. The van der Waals surface area contributed by atoms with E-state index in [2.05, 4.69) is 43.2 Å². The Labute approximate surface area is 194 Å². The fourth-order valence-corrected chi connectivity index (χ4v) is 4.34. The van der Waals surface area contributed by atoms with E-state index in [9.17, 15) is 4.79 Å². The Morgan fingerprint density at radius 3 is 1.97 bits per heavy atom. The van der Waals surface area contributed by atoms with E-state index >= 15 is 0 Å². The molecule has 3 heterocycles. The first kappa shape index (κ1) is 21.3. The van der Waals surface area contributed by atoms with Gasteiger partial charge >= 0.3 is 0 Å². The monoisotopic (exact) mass is 443 g/mol. The van der Waals surface area contributed by atoms with Gasteiger partial charge in [-0.05, 0) is 60.7 Å². The number of piperazine rings is 1. The predicted molar refractivity (Wildman–Crippen MR) is 133 cm³/mol. The van der Waals surface area contributed by atoms with Crippen LogP contribution in [0.5, 0.6) is 0 Å². The van der Waals surface area contributed by atoms with E-state index in [0.29, 0.717) is 5.56 Å². The van der Waals surface area contributed by atoms with Crippen LogP contribution >= 0.6 is 0 Å². The number of carbonyl (C=O) groups is 1. The smallest absolute Gasteiger partial charge is 0.255 e. The number of amides is 1. The van der Waals surface area contributed by atoms with Gasteiger partial charge in [0, 0.05) is 68.1 Å². The molecule has 1 N–H and O–H groups in total. The van der Waals surface area contributed by atoms with Crippen molar-refractivity contribution in [2.75, 3.05) is 72.5 Å². The van der Waals surface area contributed by atoms with Crippen LogP contribution in [-0.2, 0) is 4.74 Å². The molecule has 5 rings (SSSR count). The summed E-state index contributed by atoms with van der Waals surface area (Å²) in [7, 11) is 0. The highest BCUT2D eigenvalue weighted by Gasteiger charge is 2.18. The van der Waals surface area contributed by atoms with Crippen molar-refractivity contribution in [1.29, 1.82) is 0 Å². The average Bonchev–Trinajstić information content (AvgIpc) is 2.90. The fourth-order valence-electron chi connectivity index (χ4n) is 4.34. The van der Waals surface area contributed by atoms with Crippen molar-refractivity contribution >= 4 is 28.8 Å². The highest BCUT2D eigenvalue weighted by molar-refractivity contribution is 6.04. The van der Waals surface area contributed by atoms with Crippen molar-refractivity contribution in [2.24, 2.45) is 0 Å². The van der Waals surface area contributed by atoms with Gasteiger partial charge in [0.05, 0.1) is 13.2 Å². The Kier molecular flexibility index (Phi) is 6.39. The molecule has 0 atom stereocenters. The summed E-state index contributed by atoms with van der Waals surface area (Å²) in [4.78, 5) is 24.1. The van der Waals surface area contributed by atoms with E-state index in [1.54, 1.807) is 0 Å². The summed E-state index contributed by atoms with van der Waals surface area (Å²) in [6.45, 7) is 7.03. The van der Waals surface area contributed by atoms with Crippen LogP contribution in [0.2, 0.25) is 0 Å². The van der Waals surface area contributed by atoms with Gasteiger partial charge in [-0.2, -0.15) is 0 Å². The van der Waals surface area contributed by atoms with Crippen LogP contribution in [0.1, 0.15) is 10.4 Å². The van der Waals surface area contributed by atoms with E-state index in [0.717, 1.165) is 69.7 Å². The number of rotatable bonds is 5. The Hall–Kier alpha value is -3.58. The van der Waals surface area contributed by atoms with Crippen molar-refractivity contribution in [3.05, 3.63) is 78.5 Å². The molecule has 1 aromatic heterocycles. The molecule has 3 aromatic rings. The van der Waals surface area contributed by atoms with Crippen molar-refractivity contribution in [1.82, 2.24) is 4.98 Å². The molecule has 2 aromatic carbocycles. The minimum atomic E-state index is -0.0970. The number of carbonyl (C=O) groups excluding carboxylic acids is 1. The van der Waals surface area contributed by atoms with Gasteiger partial charge in [0.2, 0.25) is 0 Å². The van der Waals surface area contributed by atoms with Gasteiger partial charge in [-0.3, -0.25) is 4.79 Å². The number of benzene rings is 2. The van der Waals surface area contributed by atoms with Crippen LogP contribution in [-0.4, -0.2) is 63.4 Å². The minimum absolute atomic E-state index is 0.0970. The normalized spacial score (nSPS) is 16.5. The molecule has 0 saturated carbocycles. The zero-order valence-corrected chi connectivity index (χ0v) is 18.7. The quantitative estimate of drug-likeness (QED) is 0.651. The average molecular weight is 444 g/mol. The second-order valence-electron chi connectivity index (χ2n) is 8.31. The first-order chi connectivity index (χ1) is 16.3. The summed E-state index contributed by atoms with van der Waals surface area (Å²) >= 11 is 0. The zero-order chi connectivity index (χ0) is 22.5. The highest BCUT2D eigenvalue weighted by atomic mass is 16.5. The summed E-state index contributed by atoms with van der Waals surface area (Å²) in [5, 5.41) is 3.01. The molecule has 33 heavy (non-hydrogen) atoms. The number of aromatic nitrogens is 1. The Morgan fingerprint density at radius 1 is 0.727 bits per heavy atom. The molecule has 2 saturated heterocycles. The van der Waals surface area contributed by atoms with Gasteiger partial charge in [0.15, 0.2) is 0 Å². The lowest BCUT2D eigenvalue weighted by atomic mass is 10.1.